The molecule has 18 heavy (non-hydrogen) atoms. The quantitative estimate of drug-likeness (QED) is 0.710. The summed E-state index contributed by atoms with van der Waals surface area (Å²) >= 11 is 0. The van der Waals surface area contributed by atoms with Crippen LogP contribution in [0, 0.1) is 0 Å². The number of aliphatic hydroxyl groups excluding tert-OH is 1. The van der Waals surface area contributed by atoms with E-state index >= 15 is 0 Å². The van der Waals surface area contributed by atoms with Crippen LogP contribution in [-0.4, -0.2) is 46.1 Å². The Morgan fingerprint density at radius 3 is 3.06 bits per heavy atom. The van der Waals surface area contributed by atoms with Crippen molar-refractivity contribution in [2.45, 2.75) is 37.5 Å². The second kappa shape index (κ2) is 4.74. The van der Waals surface area contributed by atoms with Crippen molar-refractivity contribution < 1.29 is 9.90 Å². The summed E-state index contributed by atoms with van der Waals surface area (Å²) in [4.78, 5) is 17.6. The molecule has 1 aromatic heterocycles. The van der Waals surface area contributed by atoms with Crippen LogP contribution in [-0.2, 0) is 4.79 Å². The van der Waals surface area contributed by atoms with Gasteiger partial charge in [0.15, 0.2) is 0 Å². The molecule has 3 N–H and O–H groups in total. The Bertz CT molecular complexity index is 418. The number of nitrogens with zero attached hydrogens (tertiary/aromatic N) is 1. The fourth-order valence-corrected chi connectivity index (χ4v) is 3.01. The lowest BCUT2D eigenvalue weighted by Crippen LogP contribution is -2.43. The average Bonchev–Trinajstić information content (AvgIpc) is 3.08. The van der Waals surface area contributed by atoms with Crippen molar-refractivity contribution in [3.05, 3.63) is 24.0 Å². The van der Waals surface area contributed by atoms with E-state index in [1.54, 1.807) is 0 Å². The molecular formula is C13H19N3O2. The molecule has 2 fully saturated rings. The van der Waals surface area contributed by atoms with Gasteiger partial charge in [0.1, 0.15) is 0 Å². The Labute approximate surface area is 106 Å². The number of hydrogen-bond acceptors (Lipinski definition) is 3. The average molecular weight is 249 g/mol. The van der Waals surface area contributed by atoms with Crippen LogP contribution in [0.1, 0.15) is 31.0 Å². The van der Waals surface area contributed by atoms with Crippen LogP contribution in [0.25, 0.3) is 0 Å². The maximum absolute atomic E-state index is 12.4. The standard InChI is InChI=1S/C13H19N3O2/c17-9-7-11(15-8-9)13(18)16-6-2-4-12(16)10-3-1-5-14-10/h1,3,5,9,11-12,14-15,17H,2,4,6-8H2. The predicted octanol–water partition coefficient (Wildman–Crippen LogP) is 0.401. The maximum atomic E-state index is 12.4. The van der Waals surface area contributed by atoms with E-state index < -0.39 is 0 Å². The number of carbonyl (C=O) groups is 1. The monoisotopic (exact) mass is 249 g/mol. The van der Waals surface area contributed by atoms with E-state index in [1.807, 2.05) is 23.2 Å². The fraction of sp³-hybridized carbons (Fsp3) is 0.615. The molecule has 0 aliphatic carbocycles. The third kappa shape index (κ3) is 2.04. The minimum absolute atomic E-state index is 0.128. The smallest absolute Gasteiger partial charge is 0.240 e. The molecule has 3 unspecified atom stereocenters. The van der Waals surface area contributed by atoms with Gasteiger partial charge in [-0.3, -0.25) is 4.79 Å². The van der Waals surface area contributed by atoms with Crippen LogP contribution in [0.4, 0.5) is 0 Å². The first-order chi connectivity index (χ1) is 8.75. The highest BCUT2D eigenvalue weighted by atomic mass is 16.3. The number of carbonyl (C=O) groups excluding carboxylic acids is 1. The highest BCUT2D eigenvalue weighted by Crippen LogP contribution is 2.32. The van der Waals surface area contributed by atoms with Gasteiger partial charge in [-0.15, -0.1) is 0 Å². The van der Waals surface area contributed by atoms with Gasteiger partial charge < -0.3 is 20.3 Å². The third-order valence-corrected chi connectivity index (χ3v) is 3.92. The van der Waals surface area contributed by atoms with Crippen molar-refractivity contribution in [3.63, 3.8) is 0 Å². The normalized spacial score (nSPS) is 32.1. The highest BCUT2D eigenvalue weighted by Gasteiger charge is 2.37. The van der Waals surface area contributed by atoms with Gasteiger partial charge >= 0.3 is 0 Å². The van der Waals surface area contributed by atoms with E-state index in [0.717, 1.165) is 25.1 Å². The summed E-state index contributed by atoms with van der Waals surface area (Å²) in [6.45, 7) is 1.34. The van der Waals surface area contributed by atoms with Crippen LogP contribution >= 0.6 is 0 Å². The first kappa shape index (κ1) is 11.7. The highest BCUT2D eigenvalue weighted by molar-refractivity contribution is 5.83. The molecule has 0 saturated carbocycles. The number of aromatic amines is 1. The number of aliphatic hydroxyl groups is 1. The molecule has 5 nitrogen and oxygen atoms in total. The predicted molar refractivity (Wildman–Crippen MR) is 66.9 cm³/mol. The summed E-state index contributed by atoms with van der Waals surface area (Å²) in [5.74, 6) is 0.128. The molecule has 0 radical (unpaired) electrons. The molecule has 0 bridgehead atoms. The minimum Gasteiger partial charge on any atom is -0.392 e. The Hall–Kier alpha value is -1.33. The number of rotatable bonds is 2. The van der Waals surface area contributed by atoms with Gasteiger partial charge in [0, 0.05) is 25.0 Å². The summed E-state index contributed by atoms with van der Waals surface area (Å²) in [7, 11) is 0. The number of aromatic nitrogens is 1. The van der Waals surface area contributed by atoms with E-state index in [0.29, 0.717) is 13.0 Å². The molecule has 3 heterocycles. The van der Waals surface area contributed by atoms with Crippen LogP contribution in [0.3, 0.4) is 0 Å². The van der Waals surface area contributed by atoms with Crippen LogP contribution in [0.15, 0.2) is 18.3 Å². The fourth-order valence-electron chi connectivity index (χ4n) is 3.01. The second-order valence-electron chi connectivity index (χ2n) is 5.17. The van der Waals surface area contributed by atoms with E-state index in [-0.39, 0.29) is 24.1 Å². The van der Waals surface area contributed by atoms with E-state index in [2.05, 4.69) is 10.3 Å². The largest absolute Gasteiger partial charge is 0.392 e. The zero-order chi connectivity index (χ0) is 12.5. The van der Waals surface area contributed by atoms with Gasteiger partial charge in [-0.25, -0.2) is 0 Å². The van der Waals surface area contributed by atoms with Crippen molar-refractivity contribution in [1.82, 2.24) is 15.2 Å². The molecule has 0 spiro atoms. The Balaban J connectivity index is 1.73. The first-order valence-electron chi connectivity index (χ1n) is 6.61. The Morgan fingerprint density at radius 1 is 1.50 bits per heavy atom. The van der Waals surface area contributed by atoms with E-state index in [9.17, 15) is 9.90 Å². The topological polar surface area (TPSA) is 68.4 Å². The van der Waals surface area contributed by atoms with Crippen molar-refractivity contribution in [2.24, 2.45) is 0 Å². The molecule has 2 aliphatic rings. The summed E-state index contributed by atoms with van der Waals surface area (Å²) in [5, 5.41) is 12.6. The maximum Gasteiger partial charge on any atom is 0.240 e. The molecule has 5 heteroatoms. The molecule has 98 valence electrons. The van der Waals surface area contributed by atoms with Gasteiger partial charge in [0.25, 0.3) is 0 Å². The van der Waals surface area contributed by atoms with E-state index in [4.69, 9.17) is 0 Å². The summed E-state index contributed by atoms with van der Waals surface area (Å²) in [5.41, 5.74) is 1.11. The Kier molecular flexibility index (Phi) is 3.09. The number of H-pyrrole nitrogens is 1. The molecule has 2 saturated heterocycles. The van der Waals surface area contributed by atoms with Crippen molar-refractivity contribution in [1.29, 1.82) is 0 Å². The van der Waals surface area contributed by atoms with Gasteiger partial charge in [-0.2, -0.15) is 0 Å². The summed E-state index contributed by atoms with van der Waals surface area (Å²) < 4.78 is 0. The van der Waals surface area contributed by atoms with Crippen LogP contribution < -0.4 is 5.32 Å². The van der Waals surface area contributed by atoms with Crippen molar-refractivity contribution in [2.75, 3.05) is 13.1 Å². The number of nitrogens with one attached hydrogen (secondary N) is 2. The zero-order valence-corrected chi connectivity index (χ0v) is 10.3. The Morgan fingerprint density at radius 2 is 2.39 bits per heavy atom. The SMILES string of the molecule is O=C(C1CC(O)CN1)N1CCCC1c1ccc[nH]1. The number of amides is 1. The minimum atomic E-state index is -0.384. The van der Waals surface area contributed by atoms with Gasteiger partial charge in [-0.05, 0) is 31.4 Å². The molecule has 3 rings (SSSR count). The van der Waals surface area contributed by atoms with Gasteiger partial charge in [0.05, 0.1) is 18.2 Å². The lowest BCUT2D eigenvalue weighted by Gasteiger charge is -2.26. The van der Waals surface area contributed by atoms with Crippen LogP contribution in [0.5, 0.6) is 0 Å². The lowest BCUT2D eigenvalue weighted by atomic mass is 10.1. The van der Waals surface area contributed by atoms with E-state index in [1.165, 1.54) is 0 Å². The van der Waals surface area contributed by atoms with Crippen molar-refractivity contribution >= 4 is 5.91 Å². The molecule has 1 amide bonds. The third-order valence-electron chi connectivity index (χ3n) is 3.92. The van der Waals surface area contributed by atoms with Crippen molar-refractivity contribution in [3.8, 4) is 0 Å². The molecule has 1 aromatic rings. The zero-order valence-electron chi connectivity index (χ0n) is 10.3. The van der Waals surface area contributed by atoms with Crippen LogP contribution in [0.2, 0.25) is 0 Å². The number of β-amino-alcohol motifs (C(OH)–C–C–N with tert-alkyl or cyclic N) is 1. The molecule has 2 aliphatic heterocycles. The number of likely N-dealkylation sites (tertiary alicyclic amines) is 1. The first-order valence-corrected chi connectivity index (χ1v) is 6.61. The van der Waals surface area contributed by atoms with Gasteiger partial charge in [-0.1, -0.05) is 0 Å². The molecular weight excluding hydrogens is 230 g/mol. The summed E-state index contributed by atoms with van der Waals surface area (Å²) in [6, 6.07) is 3.96. The number of hydrogen-bond donors (Lipinski definition) is 3. The second-order valence-corrected chi connectivity index (χ2v) is 5.17. The molecule has 3 atom stereocenters. The lowest BCUT2D eigenvalue weighted by molar-refractivity contribution is -0.134. The summed E-state index contributed by atoms with van der Waals surface area (Å²) in [6.07, 6.45) is 4.11. The molecule has 0 aromatic carbocycles. The van der Waals surface area contributed by atoms with Gasteiger partial charge in [0.2, 0.25) is 5.91 Å².